The van der Waals surface area contributed by atoms with Crippen LogP contribution in [0, 0.1) is 20.8 Å². The molecule has 18 heavy (non-hydrogen) atoms. The SMILES string of the molecule is Cc1cc(C)c(C(O)Cc2ccc(Br)s2)cc1C. The van der Waals surface area contributed by atoms with Gasteiger partial charge in [-0.15, -0.1) is 11.3 Å². The average Bonchev–Trinajstić information content (AvgIpc) is 2.69. The summed E-state index contributed by atoms with van der Waals surface area (Å²) in [5.41, 5.74) is 4.73. The number of benzene rings is 1. The van der Waals surface area contributed by atoms with Gasteiger partial charge in [0.2, 0.25) is 0 Å². The molecule has 0 aliphatic carbocycles. The third-order valence-corrected chi connectivity index (χ3v) is 4.91. The van der Waals surface area contributed by atoms with Crippen molar-refractivity contribution >= 4 is 27.3 Å². The van der Waals surface area contributed by atoms with E-state index in [0.717, 1.165) is 9.35 Å². The van der Waals surface area contributed by atoms with Crippen LogP contribution in [0.2, 0.25) is 0 Å². The van der Waals surface area contributed by atoms with Crippen LogP contribution >= 0.6 is 27.3 Å². The number of halogens is 1. The van der Waals surface area contributed by atoms with Gasteiger partial charge in [-0.25, -0.2) is 0 Å². The Labute approximate surface area is 121 Å². The molecule has 2 aromatic rings. The third-order valence-electron chi connectivity index (χ3n) is 3.26. The van der Waals surface area contributed by atoms with Gasteiger partial charge < -0.3 is 5.11 Å². The largest absolute Gasteiger partial charge is 0.388 e. The summed E-state index contributed by atoms with van der Waals surface area (Å²) in [6.07, 6.45) is 0.259. The molecule has 0 amide bonds. The van der Waals surface area contributed by atoms with Gasteiger partial charge in [0.1, 0.15) is 0 Å². The highest BCUT2D eigenvalue weighted by Gasteiger charge is 2.13. The molecule has 0 radical (unpaired) electrons. The van der Waals surface area contributed by atoms with Crippen LogP contribution in [0.5, 0.6) is 0 Å². The average molecular weight is 325 g/mol. The standard InChI is InChI=1S/C15H17BrOS/c1-9-6-11(3)13(7-10(9)2)14(17)8-12-4-5-15(16)18-12/h4-7,14,17H,8H2,1-3H3. The zero-order chi connectivity index (χ0) is 13.3. The van der Waals surface area contributed by atoms with E-state index in [1.807, 2.05) is 6.07 Å². The minimum Gasteiger partial charge on any atom is -0.388 e. The summed E-state index contributed by atoms with van der Waals surface area (Å²) < 4.78 is 1.11. The zero-order valence-corrected chi connectivity index (χ0v) is 13.2. The van der Waals surface area contributed by atoms with E-state index in [1.165, 1.54) is 21.6 Å². The van der Waals surface area contributed by atoms with Crippen molar-refractivity contribution in [1.82, 2.24) is 0 Å². The third kappa shape index (κ3) is 3.02. The molecule has 0 saturated heterocycles. The van der Waals surface area contributed by atoms with E-state index in [-0.39, 0.29) is 0 Å². The van der Waals surface area contributed by atoms with Crippen LogP contribution in [0.25, 0.3) is 0 Å². The van der Waals surface area contributed by atoms with Gasteiger partial charge in [0, 0.05) is 11.3 Å². The second-order valence-electron chi connectivity index (χ2n) is 4.72. The zero-order valence-electron chi connectivity index (χ0n) is 10.8. The van der Waals surface area contributed by atoms with Gasteiger partial charge in [-0.05, 0) is 71.1 Å². The predicted molar refractivity (Wildman–Crippen MR) is 81.3 cm³/mol. The highest BCUT2D eigenvalue weighted by molar-refractivity contribution is 9.11. The molecule has 0 saturated carbocycles. The maximum Gasteiger partial charge on any atom is 0.0840 e. The Morgan fingerprint density at radius 3 is 2.39 bits per heavy atom. The van der Waals surface area contributed by atoms with E-state index in [0.29, 0.717) is 6.42 Å². The Hall–Kier alpha value is -0.640. The second kappa shape index (κ2) is 5.55. The molecule has 1 aromatic carbocycles. The van der Waals surface area contributed by atoms with Gasteiger partial charge >= 0.3 is 0 Å². The Kier molecular flexibility index (Phi) is 4.25. The quantitative estimate of drug-likeness (QED) is 0.866. The Morgan fingerprint density at radius 2 is 1.78 bits per heavy atom. The van der Waals surface area contributed by atoms with Crippen molar-refractivity contribution in [3.05, 3.63) is 55.2 Å². The summed E-state index contributed by atoms with van der Waals surface area (Å²) in [4.78, 5) is 1.20. The molecule has 2 rings (SSSR count). The van der Waals surface area contributed by atoms with Crippen molar-refractivity contribution in [3.63, 3.8) is 0 Å². The van der Waals surface area contributed by atoms with Crippen LogP contribution in [0.15, 0.2) is 28.1 Å². The van der Waals surface area contributed by atoms with Crippen LogP contribution in [0.4, 0.5) is 0 Å². The Balaban J connectivity index is 2.23. The molecule has 1 atom stereocenters. The lowest BCUT2D eigenvalue weighted by atomic mass is 9.95. The van der Waals surface area contributed by atoms with Crippen LogP contribution < -0.4 is 0 Å². The first-order valence-corrected chi connectivity index (χ1v) is 7.58. The van der Waals surface area contributed by atoms with Crippen molar-refractivity contribution in [2.24, 2.45) is 0 Å². The van der Waals surface area contributed by atoms with Gasteiger partial charge in [0.15, 0.2) is 0 Å². The number of rotatable bonds is 3. The summed E-state index contributed by atoms with van der Waals surface area (Å²) in [5.74, 6) is 0. The summed E-state index contributed by atoms with van der Waals surface area (Å²) in [6, 6.07) is 8.35. The van der Waals surface area contributed by atoms with Crippen LogP contribution in [0.1, 0.15) is 33.2 Å². The molecular weight excluding hydrogens is 308 g/mol. The number of hydrogen-bond acceptors (Lipinski definition) is 2. The van der Waals surface area contributed by atoms with E-state index in [1.54, 1.807) is 11.3 Å². The Morgan fingerprint density at radius 1 is 1.11 bits per heavy atom. The van der Waals surface area contributed by atoms with Gasteiger partial charge in [0.05, 0.1) is 9.89 Å². The topological polar surface area (TPSA) is 20.2 Å². The molecule has 1 nitrogen and oxygen atoms in total. The van der Waals surface area contributed by atoms with Crippen LogP contribution in [0.3, 0.4) is 0 Å². The highest BCUT2D eigenvalue weighted by atomic mass is 79.9. The minimum atomic E-state index is -0.421. The summed E-state index contributed by atoms with van der Waals surface area (Å²) >= 11 is 5.13. The first-order chi connectivity index (χ1) is 8.47. The molecular formula is C15H17BrOS. The number of aliphatic hydroxyl groups is 1. The number of thiophene rings is 1. The molecule has 1 unspecified atom stereocenters. The lowest BCUT2D eigenvalue weighted by Crippen LogP contribution is -2.04. The Bertz CT molecular complexity index is 560. The maximum atomic E-state index is 10.4. The fourth-order valence-electron chi connectivity index (χ4n) is 2.10. The van der Waals surface area contributed by atoms with Crippen LogP contribution in [-0.2, 0) is 6.42 Å². The number of aryl methyl sites for hydroxylation is 3. The molecule has 0 fully saturated rings. The van der Waals surface area contributed by atoms with Crippen molar-refractivity contribution in [3.8, 4) is 0 Å². The van der Waals surface area contributed by atoms with Crippen molar-refractivity contribution in [2.75, 3.05) is 0 Å². The van der Waals surface area contributed by atoms with Gasteiger partial charge in [0.25, 0.3) is 0 Å². The van der Waals surface area contributed by atoms with E-state index in [2.05, 4.69) is 54.9 Å². The minimum absolute atomic E-state index is 0.421. The molecule has 1 N–H and O–H groups in total. The number of aliphatic hydroxyl groups excluding tert-OH is 1. The molecule has 0 aliphatic rings. The van der Waals surface area contributed by atoms with E-state index in [9.17, 15) is 5.11 Å². The van der Waals surface area contributed by atoms with Crippen molar-refractivity contribution in [1.29, 1.82) is 0 Å². The van der Waals surface area contributed by atoms with E-state index < -0.39 is 6.10 Å². The first kappa shape index (κ1) is 13.8. The summed E-state index contributed by atoms with van der Waals surface area (Å²) in [6.45, 7) is 6.26. The van der Waals surface area contributed by atoms with Crippen LogP contribution in [-0.4, -0.2) is 5.11 Å². The van der Waals surface area contributed by atoms with Crippen molar-refractivity contribution < 1.29 is 5.11 Å². The molecule has 3 heteroatoms. The normalized spacial score (nSPS) is 12.7. The summed E-state index contributed by atoms with van der Waals surface area (Å²) in [5, 5.41) is 10.4. The summed E-state index contributed by atoms with van der Waals surface area (Å²) in [7, 11) is 0. The van der Waals surface area contributed by atoms with Gasteiger partial charge in [-0.2, -0.15) is 0 Å². The maximum absolute atomic E-state index is 10.4. The van der Waals surface area contributed by atoms with Gasteiger partial charge in [-0.1, -0.05) is 12.1 Å². The molecule has 0 aliphatic heterocycles. The lowest BCUT2D eigenvalue weighted by Gasteiger charge is -2.15. The monoisotopic (exact) mass is 324 g/mol. The molecule has 1 heterocycles. The molecule has 1 aromatic heterocycles. The van der Waals surface area contributed by atoms with Crippen molar-refractivity contribution in [2.45, 2.75) is 33.3 Å². The van der Waals surface area contributed by atoms with Gasteiger partial charge in [-0.3, -0.25) is 0 Å². The fraction of sp³-hybridized carbons (Fsp3) is 0.333. The number of hydrogen-bond donors (Lipinski definition) is 1. The smallest absolute Gasteiger partial charge is 0.0840 e. The lowest BCUT2D eigenvalue weighted by molar-refractivity contribution is 0.178. The predicted octanol–water partition coefficient (Wildman–Crippen LogP) is 4.71. The first-order valence-electron chi connectivity index (χ1n) is 5.97. The second-order valence-corrected chi connectivity index (χ2v) is 7.27. The highest BCUT2D eigenvalue weighted by Crippen LogP contribution is 2.29. The van der Waals surface area contributed by atoms with E-state index >= 15 is 0 Å². The fourth-order valence-corrected chi connectivity index (χ4v) is 3.62. The molecule has 0 spiro atoms. The van der Waals surface area contributed by atoms with E-state index in [4.69, 9.17) is 0 Å². The molecule has 0 bridgehead atoms. The molecule has 96 valence electrons.